The van der Waals surface area contributed by atoms with Gasteiger partial charge in [-0.25, -0.2) is 4.39 Å². The Morgan fingerprint density at radius 3 is 2.47 bits per heavy atom. The van der Waals surface area contributed by atoms with E-state index in [-0.39, 0.29) is 23.5 Å². The number of nitrogens with one attached hydrogen (secondary N) is 1. The van der Waals surface area contributed by atoms with Gasteiger partial charge in [0.15, 0.2) is 5.69 Å². The summed E-state index contributed by atoms with van der Waals surface area (Å²) in [6, 6.07) is 12.6. The Hall–Kier alpha value is -3.68. The van der Waals surface area contributed by atoms with Gasteiger partial charge in [-0.1, -0.05) is 57.7 Å². The van der Waals surface area contributed by atoms with Gasteiger partial charge in [-0.05, 0) is 35.6 Å². The fourth-order valence-corrected chi connectivity index (χ4v) is 4.23. The predicted octanol–water partition coefficient (Wildman–Crippen LogP) is 3.44. The Morgan fingerprint density at radius 2 is 1.88 bits per heavy atom. The van der Waals surface area contributed by atoms with Gasteiger partial charge in [-0.15, -0.1) is 0 Å². The number of benzene rings is 2. The molecule has 8 heteroatoms. The standard InChI is InChI=1S/C26H30FN5O2/c1-16(28)20-13-14-31(20)25(34)23(26(2,3)4)29-24(33)22-19-7-5-6-8-21(19)32(30-22)15-17-9-11-18(27)12-10-17/h5-12,20,23H,1,13-15,28H2,2-4H3,(H,29,33)/t20-,23?/m0/s1. The summed E-state index contributed by atoms with van der Waals surface area (Å²) in [7, 11) is 0. The summed E-state index contributed by atoms with van der Waals surface area (Å²) in [5, 5.41) is 8.19. The van der Waals surface area contributed by atoms with Crippen LogP contribution in [0.2, 0.25) is 0 Å². The summed E-state index contributed by atoms with van der Waals surface area (Å²) in [6.07, 6.45) is 0.768. The second kappa shape index (κ2) is 8.93. The molecule has 0 bridgehead atoms. The normalized spacial score (nSPS) is 16.7. The molecular weight excluding hydrogens is 433 g/mol. The maximum atomic E-state index is 13.4. The first-order valence-corrected chi connectivity index (χ1v) is 11.3. The van der Waals surface area contributed by atoms with Crippen molar-refractivity contribution in [2.45, 2.75) is 45.8 Å². The number of aromatic nitrogens is 2. The van der Waals surface area contributed by atoms with Crippen molar-refractivity contribution in [1.29, 1.82) is 0 Å². The molecule has 2 atom stereocenters. The number of nitrogens with zero attached hydrogens (tertiary/aromatic N) is 3. The molecule has 3 N–H and O–H groups in total. The van der Waals surface area contributed by atoms with E-state index in [9.17, 15) is 14.0 Å². The fraction of sp³-hybridized carbons (Fsp3) is 0.346. The van der Waals surface area contributed by atoms with Crippen molar-refractivity contribution in [2.75, 3.05) is 6.54 Å². The van der Waals surface area contributed by atoms with Crippen LogP contribution in [0, 0.1) is 11.2 Å². The average Bonchev–Trinajstić information content (AvgIpc) is 3.10. The SMILES string of the molecule is C=C(N)[C@@H]1CCN1C(=O)C(NC(=O)c1nn(Cc2ccc(F)cc2)c2ccccc12)C(C)(C)C. The quantitative estimate of drug-likeness (QED) is 0.586. The number of carbonyl (C=O) groups is 2. The third-order valence-corrected chi connectivity index (χ3v) is 6.24. The first-order valence-electron chi connectivity index (χ1n) is 11.3. The molecule has 7 nitrogen and oxygen atoms in total. The van der Waals surface area contributed by atoms with E-state index >= 15 is 0 Å². The molecule has 0 radical (unpaired) electrons. The Labute approximate surface area is 198 Å². The molecule has 0 aliphatic carbocycles. The van der Waals surface area contributed by atoms with E-state index in [1.165, 1.54) is 12.1 Å². The van der Waals surface area contributed by atoms with Gasteiger partial charge in [0.1, 0.15) is 11.9 Å². The van der Waals surface area contributed by atoms with Crippen LogP contribution in [0.25, 0.3) is 10.9 Å². The number of likely N-dealkylation sites (tertiary alicyclic amines) is 1. The van der Waals surface area contributed by atoms with E-state index in [0.717, 1.165) is 17.5 Å². The summed E-state index contributed by atoms with van der Waals surface area (Å²) in [5.74, 6) is -0.917. The van der Waals surface area contributed by atoms with Crippen molar-refractivity contribution in [2.24, 2.45) is 11.1 Å². The number of nitrogens with two attached hydrogens (primary N) is 1. The molecule has 2 heterocycles. The molecular formula is C26H30FN5O2. The molecule has 1 aliphatic heterocycles. The van der Waals surface area contributed by atoms with Gasteiger partial charge < -0.3 is 16.0 Å². The Balaban J connectivity index is 1.63. The highest BCUT2D eigenvalue weighted by Crippen LogP contribution is 2.28. The number of hydrogen-bond acceptors (Lipinski definition) is 4. The lowest BCUT2D eigenvalue weighted by atomic mass is 9.84. The Kier molecular flexibility index (Phi) is 6.17. The highest BCUT2D eigenvalue weighted by atomic mass is 19.1. The molecule has 1 saturated heterocycles. The maximum absolute atomic E-state index is 13.4. The van der Waals surface area contributed by atoms with Crippen molar-refractivity contribution in [3.8, 4) is 0 Å². The van der Waals surface area contributed by atoms with Gasteiger partial charge in [0.05, 0.1) is 18.1 Å². The van der Waals surface area contributed by atoms with Gasteiger partial charge in [0, 0.05) is 17.6 Å². The predicted molar refractivity (Wildman–Crippen MR) is 129 cm³/mol. The number of para-hydroxylation sites is 1. The molecule has 34 heavy (non-hydrogen) atoms. The van der Waals surface area contributed by atoms with Gasteiger partial charge in [-0.3, -0.25) is 14.3 Å². The molecule has 1 unspecified atom stereocenters. The van der Waals surface area contributed by atoms with Gasteiger partial charge in [0.2, 0.25) is 5.91 Å². The number of hydrogen-bond donors (Lipinski definition) is 2. The zero-order chi connectivity index (χ0) is 24.6. The molecule has 2 aromatic carbocycles. The fourth-order valence-electron chi connectivity index (χ4n) is 4.23. The summed E-state index contributed by atoms with van der Waals surface area (Å²) in [4.78, 5) is 28.4. The highest BCUT2D eigenvalue weighted by molar-refractivity contribution is 6.06. The van der Waals surface area contributed by atoms with Gasteiger partial charge in [-0.2, -0.15) is 5.10 Å². The smallest absolute Gasteiger partial charge is 0.273 e. The van der Waals surface area contributed by atoms with E-state index in [2.05, 4.69) is 17.0 Å². The molecule has 4 rings (SSSR count). The number of fused-ring (bicyclic) bond motifs is 1. The van der Waals surface area contributed by atoms with Crippen LogP contribution < -0.4 is 11.1 Å². The molecule has 1 aromatic heterocycles. The van der Waals surface area contributed by atoms with Crippen LogP contribution in [0.5, 0.6) is 0 Å². The second-order valence-electron chi connectivity index (χ2n) is 9.83. The number of rotatable bonds is 6. The van der Waals surface area contributed by atoms with Crippen molar-refractivity contribution in [3.63, 3.8) is 0 Å². The number of halogens is 1. The van der Waals surface area contributed by atoms with Crippen molar-refractivity contribution in [3.05, 3.63) is 77.9 Å². The van der Waals surface area contributed by atoms with Gasteiger partial charge >= 0.3 is 0 Å². The van der Waals surface area contributed by atoms with E-state index in [1.807, 2.05) is 45.0 Å². The van der Waals surface area contributed by atoms with Gasteiger partial charge in [0.25, 0.3) is 5.91 Å². The van der Waals surface area contributed by atoms with E-state index in [1.54, 1.807) is 21.7 Å². The molecule has 1 fully saturated rings. The summed E-state index contributed by atoms with van der Waals surface area (Å²) < 4.78 is 15.0. The highest BCUT2D eigenvalue weighted by Gasteiger charge is 2.42. The second-order valence-corrected chi connectivity index (χ2v) is 9.83. The van der Waals surface area contributed by atoms with E-state index in [4.69, 9.17) is 5.73 Å². The lowest BCUT2D eigenvalue weighted by molar-refractivity contribution is -0.142. The van der Waals surface area contributed by atoms with E-state index < -0.39 is 17.4 Å². The molecule has 2 amide bonds. The number of carbonyl (C=O) groups excluding carboxylic acids is 2. The molecule has 178 valence electrons. The molecule has 0 spiro atoms. The minimum absolute atomic E-state index is 0.182. The average molecular weight is 464 g/mol. The van der Waals surface area contributed by atoms with Crippen LogP contribution in [0.3, 0.4) is 0 Å². The molecule has 3 aromatic rings. The molecule has 0 saturated carbocycles. The monoisotopic (exact) mass is 463 g/mol. The zero-order valence-corrected chi connectivity index (χ0v) is 19.7. The van der Waals surface area contributed by atoms with Crippen LogP contribution in [0.4, 0.5) is 4.39 Å². The van der Waals surface area contributed by atoms with E-state index in [0.29, 0.717) is 24.2 Å². The summed E-state index contributed by atoms with van der Waals surface area (Å²) >= 11 is 0. The van der Waals surface area contributed by atoms with Crippen molar-refractivity contribution in [1.82, 2.24) is 20.0 Å². The third kappa shape index (κ3) is 4.53. The zero-order valence-electron chi connectivity index (χ0n) is 19.7. The third-order valence-electron chi connectivity index (χ3n) is 6.24. The van der Waals surface area contributed by atoms with Crippen LogP contribution in [-0.4, -0.2) is 45.1 Å². The van der Waals surface area contributed by atoms with Crippen molar-refractivity contribution < 1.29 is 14.0 Å². The maximum Gasteiger partial charge on any atom is 0.273 e. The summed E-state index contributed by atoms with van der Waals surface area (Å²) in [5.41, 5.74) is 7.64. The van der Waals surface area contributed by atoms with Crippen LogP contribution in [0.1, 0.15) is 43.2 Å². The first kappa shape index (κ1) is 23.5. The Morgan fingerprint density at radius 1 is 1.21 bits per heavy atom. The topological polar surface area (TPSA) is 93.2 Å². The molecule has 1 aliphatic rings. The number of amides is 2. The van der Waals surface area contributed by atoms with Crippen LogP contribution >= 0.6 is 0 Å². The van der Waals surface area contributed by atoms with Crippen LogP contribution in [0.15, 0.2) is 60.8 Å². The largest absolute Gasteiger partial charge is 0.401 e. The summed E-state index contributed by atoms with van der Waals surface area (Å²) in [6.45, 7) is 10.5. The first-order chi connectivity index (χ1) is 16.1. The minimum atomic E-state index is -0.761. The van der Waals surface area contributed by atoms with Crippen molar-refractivity contribution >= 4 is 22.7 Å². The van der Waals surface area contributed by atoms with Crippen LogP contribution in [-0.2, 0) is 11.3 Å². The lowest BCUT2D eigenvalue weighted by Crippen LogP contribution is -2.62. The minimum Gasteiger partial charge on any atom is -0.401 e. The lowest BCUT2D eigenvalue weighted by Gasteiger charge is -2.45. The Bertz CT molecular complexity index is 1240.